The number of carbonyl (C=O) groups excluding carboxylic acids is 1. The zero-order valence-corrected chi connectivity index (χ0v) is 17.3. The van der Waals surface area contributed by atoms with Crippen molar-refractivity contribution in [3.63, 3.8) is 0 Å². The molecule has 0 aliphatic heterocycles. The number of carbonyl (C=O) groups is 1. The first-order chi connectivity index (χ1) is 13.2. The second kappa shape index (κ2) is 13.5. The molecule has 2 aromatic rings. The molecule has 7 nitrogen and oxygen atoms in total. The lowest BCUT2D eigenvalue weighted by Crippen LogP contribution is -2.09. The number of aromatic nitrogens is 1. The fraction of sp³-hybridized carbons (Fsp3) is 0.429. The van der Waals surface area contributed by atoms with Gasteiger partial charge in [0.25, 0.3) is 0 Å². The monoisotopic (exact) mass is 392 g/mol. The molecule has 0 saturated heterocycles. The molecule has 1 aromatic carbocycles. The first kappa shape index (κ1) is 25.4. The van der Waals surface area contributed by atoms with Gasteiger partial charge in [0.1, 0.15) is 11.5 Å². The standard InChI is InChI=1S/C8H12N2O2.C7H8O.C6H12O2/c1-5-8(12)7(2-9)6(4-11)3-10-5;1-6-2-4-7(8)5-3-6;1-4-6(7)8-5(2)3/h3,11-12H,2,4,9H2,1H3;2-5,8H,1H3;5H,4H2,1-3H3. The summed E-state index contributed by atoms with van der Waals surface area (Å²) in [6.07, 6.45) is 2.03. The molecule has 1 aromatic heterocycles. The second-order valence-electron chi connectivity index (χ2n) is 6.29. The Labute approximate surface area is 166 Å². The number of rotatable bonds is 4. The van der Waals surface area contributed by atoms with Crippen molar-refractivity contribution in [1.29, 1.82) is 0 Å². The molecule has 0 bridgehead atoms. The summed E-state index contributed by atoms with van der Waals surface area (Å²) in [7, 11) is 0. The van der Waals surface area contributed by atoms with Crippen molar-refractivity contribution in [2.45, 2.75) is 60.3 Å². The number of phenolic OH excluding ortho intramolecular Hbond substituents is 1. The third kappa shape index (κ3) is 9.89. The predicted octanol–water partition coefficient (Wildman–Crippen LogP) is 3.10. The SMILES string of the molecule is CCC(=O)OC(C)C.Cc1ccc(O)cc1.Cc1ncc(CO)c(CN)c1O. The minimum atomic E-state index is -0.145. The van der Waals surface area contributed by atoms with Gasteiger partial charge >= 0.3 is 5.97 Å². The smallest absolute Gasteiger partial charge is 0.305 e. The molecule has 0 spiro atoms. The topological polar surface area (TPSA) is 126 Å². The minimum Gasteiger partial charge on any atom is -0.508 e. The van der Waals surface area contributed by atoms with Crippen molar-refractivity contribution >= 4 is 5.97 Å². The van der Waals surface area contributed by atoms with E-state index < -0.39 is 0 Å². The lowest BCUT2D eigenvalue weighted by molar-refractivity contribution is -0.146. The fourth-order valence-electron chi connectivity index (χ4n) is 1.94. The largest absolute Gasteiger partial charge is 0.508 e. The van der Waals surface area contributed by atoms with Crippen LogP contribution in [0.25, 0.3) is 0 Å². The average Bonchev–Trinajstić information content (AvgIpc) is 2.66. The van der Waals surface area contributed by atoms with E-state index in [1.54, 1.807) is 26.0 Å². The molecule has 0 atom stereocenters. The van der Waals surface area contributed by atoms with Crippen LogP contribution in [0, 0.1) is 13.8 Å². The zero-order valence-electron chi connectivity index (χ0n) is 17.3. The first-order valence-corrected chi connectivity index (χ1v) is 9.08. The molecule has 5 N–H and O–H groups in total. The summed E-state index contributed by atoms with van der Waals surface area (Å²) in [6, 6.07) is 7.09. The molecule has 28 heavy (non-hydrogen) atoms. The van der Waals surface area contributed by atoms with E-state index in [-0.39, 0.29) is 31.0 Å². The Bertz CT molecular complexity index is 694. The number of aliphatic hydroxyl groups is 1. The van der Waals surface area contributed by atoms with E-state index in [1.807, 2.05) is 32.9 Å². The lowest BCUT2D eigenvalue weighted by atomic mass is 10.1. The molecule has 1 heterocycles. The van der Waals surface area contributed by atoms with Crippen molar-refractivity contribution in [3.05, 3.63) is 52.8 Å². The third-order valence-corrected chi connectivity index (χ3v) is 3.49. The Balaban J connectivity index is 0.000000405. The van der Waals surface area contributed by atoms with Gasteiger partial charge in [-0.2, -0.15) is 0 Å². The molecule has 0 unspecified atom stereocenters. The Morgan fingerprint density at radius 2 is 1.75 bits per heavy atom. The van der Waals surface area contributed by atoms with E-state index in [4.69, 9.17) is 20.7 Å². The van der Waals surface area contributed by atoms with E-state index in [0.717, 1.165) is 0 Å². The maximum Gasteiger partial charge on any atom is 0.305 e. The van der Waals surface area contributed by atoms with Crippen LogP contribution in [-0.2, 0) is 22.7 Å². The summed E-state index contributed by atoms with van der Waals surface area (Å²) >= 11 is 0. The number of aliphatic hydroxyl groups excluding tert-OH is 1. The van der Waals surface area contributed by atoms with Crippen molar-refractivity contribution in [3.8, 4) is 11.5 Å². The summed E-state index contributed by atoms with van der Waals surface area (Å²) in [5, 5.41) is 27.1. The second-order valence-corrected chi connectivity index (χ2v) is 6.29. The van der Waals surface area contributed by atoms with Crippen LogP contribution in [0.1, 0.15) is 49.6 Å². The lowest BCUT2D eigenvalue weighted by Gasteiger charge is -2.08. The van der Waals surface area contributed by atoms with Crippen molar-refractivity contribution in [2.24, 2.45) is 5.73 Å². The Morgan fingerprint density at radius 1 is 1.18 bits per heavy atom. The number of ether oxygens (including phenoxy) is 1. The van der Waals surface area contributed by atoms with Crippen LogP contribution in [0.3, 0.4) is 0 Å². The van der Waals surface area contributed by atoms with Gasteiger partial charge in [-0.25, -0.2) is 0 Å². The van der Waals surface area contributed by atoms with Gasteiger partial charge in [0, 0.05) is 30.3 Å². The fourth-order valence-corrected chi connectivity index (χ4v) is 1.94. The summed E-state index contributed by atoms with van der Waals surface area (Å²) in [5.74, 6) is 0.291. The van der Waals surface area contributed by atoms with Crippen LogP contribution in [0.2, 0.25) is 0 Å². The highest BCUT2D eigenvalue weighted by atomic mass is 16.5. The van der Waals surface area contributed by atoms with Gasteiger partial charge in [0.15, 0.2) is 0 Å². The summed E-state index contributed by atoms with van der Waals surface area (Å²) in [4.78, 5) is 14.3. The van der Waals surface area contributed by atoms with Gasteiger partial charge in [-0.3, -0.25) is 9.78 Å². The normalized spacial score (nSPS) is 9.71. The Morgan fingerprint density at radius 3 is 2.11 bits per heavy atom. The molecule has 156 valence electrons. The van der Waals surface area contributed by atoms with Gasteiger partial charge in [-0.15, -0.1) is 0 Å². The molecular formula is C21H32N2O5. The van der Waals surface area contributed by atoms with Crippen molar-refractivity contribution in [1.82, 2.24) is 4.98 Å². The maximum atomic E-state index is 10.4. The van der Waals surface area contributed by atoms with E-state index in [0.29, 0.717) is 29.0 Å². The molecule has 7 heteroatoms. The number of aromatic hydroxyl groups is 2. The van der Waals surface area contributed by atoms with E-state index in [1.165, 1.54) is 11.8 Å². The molecule has 0 saturated carbocycles. The number of esters is 1. The number of aryl methyl sites for hydroxylation is 2. The molecule has 0 radical (unpaired) electrons. The van der Waals surface area contributed by atoms with Crippen LogP contribution >= 0.6 is 0 Å². The van der Waals surface area contributed by atoms with Gasteiger partial charge in [-0.05, 0) is 39.8 Å². The predicted molar refractivity (Wildman–Crippen MR) is 109 cm³/mol. The quantitative estimate of drug-likeness (QED) is 0.589. The van der Waals surface area contributed by atoms with Gasteiger partial charge < -0.3 is 25.8 Å². The molecule has 0 aliphatic carbocycles. The van der Waals surface area contributed by atoms with E-state index in [2.05, 4.69) is 4.98 Å². The highest BCUT2D eigenvalue weighted by Crippen LogP contribution is 2.22. The van der Waals surface area contributed by atoms with Crippen LogP contribution in [0.5, 0.6) is 11.5 Å². The molecular weight excluding hydrogens is 360 g/mol. The third-order valence-electron chi connectivity index (χ3n) is 3.49. The summed E-state index contributed by atoms with van der Waals surface area (Å²) in [5.41, 5.74) is 8.26. The van der Waals surface area contributed by atoms with Crippen LogP contribution in [0.15, 0.2) is 30.5 Å². The van der Waals surface area contributed by atoms with E-state index >= 15 is 0 Å². The highest BCUT2D eigenvalue weighted by molar-refractivity contribution is 5.68. The van der Waals surface area contributed by atoms with Gasteiger partial charge in [-0.1, -0.05) is 24.6 Å². The number of hydrogen-bond acceptors (Lipinski definition) is 7. The van der Waals surface area contributed by atoms with Crippen molar-refractivity contribution < 1.29 is 24.9 Å². The Kier molecular flexibility index (Phi) is 12.2. The van der Waals surface area contributed by atoms with Gasteiger partial charge in [0.05, 0.1) is 18.4 Å². The first-order valence-electron chi connectivity index (χ1n) is 9.08. The average molecular weight is 392 g/mol. The summed E-state index contributed by atoms with van der Waals surface area (Å²) in [6.45, 7) is 9.21. The zero-order chi connectivity index (χ0) is 21.7. The highest BCUT2D eigenvalue weighted by Gasteiger charge is 2.08. The van der Waals surface area contributed by atoms with Crippen LogP contribution in [0.4, 0.5) is 0 Å². The van der Waals surface area contributed by atoms with Crippen LogP contribution in [-0.4, -0.2) is 32.4 Å². The maximum absolute atomic E-state index is 10.4. The molecule has 0 amide bonds. The molecule has 0 aliphatic rings. The van der Waals surface area contributed by atoms with Gasteiger partial charge in [0.2, 0.25) is 0 Å². The Hall–Kier alpha value is -2.64. The van der Waals surface area contributed by atoms with Crippen molar-refractivity contribution in [2.75, 3.05) is 0 Å². The number of phenols is 1. The van der Waals surface area contributed by atoms with E-state index in [9.17, 15) is 9.90 Å². The molecule has 0 fully saturated rings. The number of benzene rings is 1. The number of pyridine rings is 1. The number of hydrogen-bond donors (Lipinski definition) is 4. The van der Waals surface area contributed by atoms with Crippen LogP contribution < -0.4 is 5.73 Å². The number of nitrogens with two attached hydrogens (primary N) is 1. The number of nitrogens with zero attached hydrogens (tertiary/aromatic N) is 1. The summed E-state index contributed by atoms with van der Waals surface area (Å²) < 4.78 is 4.76. The molecule has 2 rings (SSSR count). The minimum absolute atomic E-state index is 0.0300.